The molecule has 0 N–H and O–H groups in total. The maximum Gasteiger partial charge on any atom is 0.305 e. The predicted octanol–water partition coefficient (Wildman–Crippen LogP) is 8.77. The van der Waals surface area contributed by atoms with Crippen molar-refractivity contribution < 1.29 is 33.0 Å². The van der Waals surface area contributed by atoms with E-state index in [9.17, 15) is 14.4 Å². The Morgan fingerprint density at radius 2 is 1.70 bits per heavy atom. The molecular weight excluding hydrogens is 585 g/mol. The van der Waals surface area contributed by atoms with E-state index in [1.807, 2.05) is 48.7 Å². The SMILES string of the molecule is CCCCC(Oc1ccc(C(=O)c2cc(CCCC(=O)OCC)n3ccccc23)cc1)c1ccc(C(OC(C)=O)C(C)C)cc1F. The number of carbonyl (C=O) groups is 3. The van der Waals surface area contributed by atoms with Crippen LogP contribution in [0.1, 0.15) is 112 Å². The Balaban J connectivity index is 1.52. The van der Waals surface area contributed by atoms with E-state index in [-0.39, 0.29) is 17.7 Å². The van der Waals surface area contributed by atoms with Gasteiger partial charge < -0.3 is 18.6 Å². The van der Waals surface area contributed by atoms with Gasteiger partial charge in [0.25, 0.3) is 0 Å². The molecule has 0 amide bonds. The minimum atomic E-state index is -0.542. The smallest absolute Gasteiger partial charge is 0.305 e. The van der Waals surface area contributed by atoms with Crippen molar-refractivity contribution >= 4 is 23.2 Å². The van der Waals surface area contributed by atoms with E-state index in [1.165, 1.54) is 13.0 Å². The normalized spacial score (nSPS) is 12.6. The molecule has 0 bridgehead atoms. The second-order valence-electron chi connectivity index (χ2n) is 11.8. The van der Waals surface area contributed by atoms with Gasteiger partial charge in [-0.3, -0.25) is 14.4 Å². The highest BCUT2D eigenvalue weighted by Gasteiger charge is 2.24. The Hall–Kier alpha value is -4.46. The van der Waals surface area contributed by atoms with Crippen molar-refractivity contribution in [2.24, 2.45) is 5.92 Å². The number of hydrogen-bond donors (Lipinski definition) is 0. The lowest BCUT2D eigenvalue weighted by molar-refractivity contribution is -0.149. The molecule has 0 radical (unpaired) electrons. The van der Waals surface area contributed by atoms with E-state index in [2.05, 4.69) is 6.92 Å². The first kappa shape index (κ1) is 34.4. The van der Waals surface area contributed by atoms with Gasteiger partial charge in [0, 0.05) is 41.9 Å². The maximum absolute atomic E-state index is 15.5. The molecule has 4 rings (SSSR count). The van der Waals surface area contributed by atoms with Crippen molar-refractivity contribution in [2.45, 2.75) is 85.4 Å². The van der Waals surface area contributed by atoms with Crippen molar-refractivity contribution in [3.63, 3.8) is 0 Å². The maximum atomic E-state index is 15.5. The number of fused-ring (bicyclic) bond motifs is 1. The fourth-order valence-electron chi connectivity index (χ4n) is 5.67. The molecular formula is C38H44FNO6. The van der Waals surface area contributed by atoms with E-state index in [0.717, 1.165) is 24.1 Å². The van der Waals surface area contributed by atoms with Gasteiger partial charge in [-0.05, 0) is 92.6 Å². The van der Waals surface area contributed by atoms with Gasteiger partial charge >= 0.3 is 11.9 Å². The van der Waals surface area contributed by atoms with Gasteiger partial charge in [-0.25, -0.2) is 4.39 Å². The lowest BCUT2D eigenvalue weighted by atomic mass is 9.95. The first-order valence-corrected chi connectivity index (χ1v) is 16.1. The Bertz CT molecular complexity index is 1640. The number of nitrogens with zero attached hydrogens (tertiary/aromatic N) is 1. The number of aromatic nitrogens is 1. The van der Waals surface area contributed by atoms with Crippen LogP contribution >= 0.6 is 0 Å². The first-order chi connectivity index (χ1) is 22.1. The molecule has 0 saturated heterocycles. The van der Waals surface area contributed by atoms with Gasteiger partial charge in [0.15, 0.2) is 5.78 Å². The lowest BCUT2D eigenvalue weighted by Gasteiger charge is -2.24. The molecule has 0 aliphatic heterocycles. The van der Waals surface area contributed by atoms with Crippen molar-refractivity contribution in [1.29, 1.82) is 0 Å². The van der Waals surface area contributed by atoms with Crippen LogP contribution in [0.15, 0.2) is 72.9 Å². The molecule has 0 spiro atoms. The molecule has 2 heterocycles. The fourth-order valence-corrected chi connectivity index (χ4v) is 5.67. The molecule has 244 valence electrons. The lowest BCUT2D eigenvalue weighted by Crippen LogP contribution is -2.16. The van der Waals surface area contributed by atoms with Gasteiger partial charge in [0.2, 0.25) is 0 Å². The summed E-state index contributed by atoms with van der Waals surface area (Å²) in [7, 11) is 0. The Morgan fingerprint density at radius 3 is 2.35 bits per heavy atom. The third kappa shape index (κ3) is 8.62. The molecule has 0 aliphatic carbocycles. The summed E-state index contributed by atoms with van der Waals surface area (Å²) in [6.07, 6.45) is 4.78. The first-order valence-electron chi connectivity index (χ1n) is 16.1. The monoisotopic (exact) mass is 629 g/mol. The van der Waals surface area contributed by atoms with Crippen LogP contribution < -0.4 is 4.74 Å². The van der Waals surface area contributed by atoms with Crippen LogP contribution in [-0.2, 0) is 25.5 Å². The van der Waals surface area contributed by atoms with Gasteiger partial charge in [0.05, 0.1) is 12.1 Å². The van der Waals surface area contributed by atoms with Crippen LogP contribution in [-0.4, -0.2) is 28.7 Å². The summed E-state index contributed by atoms with van der Waals surface area (Å²) in [5, 5.41) is 0. The van der Waals surface area contributed by atoms with E-state index in [0.29, 0.717) is 60.3 Å². The molecule has 2 unspecified atom stereocenters. The van der Waals surface area contributed by atoms with Crippen LogP contribution in [0.2, 0.25) is 0 Å². The second-order valence-corrected chi connectivity index (χ2v) is 11.8. The minimum absolute atomic E-state index is 0.0182. The second kappa shape index (κ2) is 16.2. The third-order valence-electron chi connectivity index (χ3n) is 7.93. The zero-order valence-electron chi connectivity index (χ0n) is 27.4. The average molecular weight is 630 g/mol. The van der Waals surface area contributed by atoms with Gasteiger partial charge in [-0.1, -0.05) is 45.4 Å². The highest BCUT2D eigenvalue weighted by molar-refractivity contribution is 6.13. The summed E-state index contributed by atoms with van der Waals surface area (Å²) in [6, 6.07) is 19.5. The summed E-state index contributed by atoms with van der Waals surface area (Å²) >= 11 is 0. The summed E-state index contributed by atoms with van der Waals surface area (Å²) in [4.78, 5) is 37.1. The van der Waals surface area contributed by atoms with Crippen molar-refractivity contribution in [2.75, 3.05) is 6.61 Å². The molecule has 0 aliphatic rings. The number of aryl methyl sites for hydroxylation is 1. The number of carbonyl (C=O) groups excluding carboxylic acids is 3. The number of rotatable bonds is 16. The van der Waals surface area contributed by atoms with E-state index in [1.54, 1.807) is 43.3 Å². The summed E-state index contributed by atoms with van der Waals surface area (Å²) in [5.41, 5.74) is 3.86. The van der Waals surface area contributed by atoms with Crippen molar-refractivity contribution in [1.82, 2.24) is 4.40 Å². The molecule has 46 heavy (non-hydrogen) atoms. The Morgan fingerprint density at radius 1 is 0.935 bits per heavy atom. The van der Waals surface area contributed by atoms with Crippen molar-refractivity contribution in [3.8, 4) is 5.75 Å². The minimum Gasteiger partial charge on any atom is -0.486 e. The zero-order valence-corrected chi connectivity index (χ0v) is 27.4. The van der Waals surface area contributed by atoms with E-state index in [4.69, 9.17) is 14.2 Å². The Labute approximate surface area is 270 Å². The quantitative estimate of drug-likeness (QED) is 0.0910. The largest absolute Gasteiger partial charge is 0.486 e. The predicted molar refractivity (Wildman–Crippen MR) is 175 cm³/mol. The molecule has 0 fully saturated rings. The average Bonchev–Trinajstić information content (AvgIpc) is 3.40. The zero-order chi connectivity index (χ0) is 33.2. The number of esters is 2. The standard InChI is InChI=1S/C38H44FNO6/c1-6-8-14-35(31-21-18-28(23-33(31)39)38(25(3)4)45-26(5)41)46-30-19-16-27(17-20-30)37(43)32-24-29(12-11-15-36(42)44-7-2)40-22-10-9-13-34(32)40/h9-10,13,16-25,35,38H,6-8,11-12,14-15H2,1-5H3. The fraction of sp³-hybridized carbons (Fsp3) is 0.395. The van der Waals surface area contributed by atoms with Crippen LogP contribution in [0.4, 0.5) is 4.39 Å². The van der Waals surface area contributed by atoms with Gasteiger partial charge in [-0.15, -0.1) is 0 Å². The molecule has 7 nitrogen and oxygen atoms in total. The number of hydrogen-bond acceptors (Lipinski definition) is 6. The van der Waals surface area contributed by atoms with Crippen molar-refractivity contribution in [3.05, 3.63) is 107 Å². The summed E-state index contributed by atoms with van der Waals surface area (Å²) < 4.78 is 34.3. The molecule has 4 aromatic rings. The number of benzene rings is 2. The number of ketones is 1. The molecule has 0 saturated carbocycles. The van der Waals surface area contributed by atoms with Crippen LogP contribution in [0.3, 0.4) is 0 Å². The molecule has 2 aromatic carbocycles. The summed E-state index contributed by atoms with van der Waals surface area (Å²) in [5.74, 6) is -0.660. The third-order valence-corrected chi connectivity index (χ3v) is 7.93. The van der Waals surface area contributed by atoms with Crippen LogP contribution in [0, 0.1) is 11.7 Å². The Kier molecular flexibility index (Phi) is 12.1. The number of halogens is 1. The van der Waals surface area contributed by atoms with Crippen LogP contribution in [0.25, 0.3) is 5.52 Å². The highest BCUT2D eigenvalue weighted by Crippen LogP contribution is 2.33. The van der Waals surface area contributed by atoms with Gasteiger partial charge in [-0.2, -0.15) is 0 Å². The summed E-state index contributed by atoms with van der Waals surface area (Å²) in [6.45, 7) is 9.41. The number of unbranched alkanes of at least 4 members (excludes halogenated alkanes) is 1. The van der Waals surface area contributed by atoms with E-state index < -0.39 is 24.0 Å². The molecule has 2 atom stereocenters. The van der Waals surface area contributed by atoms with E-state index >= 15 is 4.39 Å². The topological polar surface area (TPSA) is 83.3 Å². The van der Waals surface area contributed by atoms with Gasteiger partial charge in [0.1, 0.15) is 23.8 Å². The highest BCUT2D eigenvalue weighted by atomic mass is 19.1. The molecule has 8 heteroatoms. The van der Waals surface area contributed by atoms with Crippen LogP contribution in [0.5, 0.6) is 5.75 Å². The molecule has 2 aromatic heterocycles. The number of ether oxygens (including phenoxy) is 3. The number of pyridine rings is 1.